The number of rotatable bonds is 5. The molecule has 1 rings (SSSR count). The number of alkyl halides is 3. The Balaban J connectivity index is 2.97. The maximum Gasteiger partial charge on any atom is 0.218 e. The molecule has 0 N–H and O–H groups in total. The minimum absolute atomic E-state index is 0.0368. The van der Waals surface area contributed by atoms with E-state index in [-0.39, 0.29) is 5.04 Å². The zero-order valence-corrected chi connectivity index (χ0v) is 17.8. The molecule has 0 aliphatic heterocycles. The standard InChI is InChI=1S/C17H25Cl3O2Si/c1-16(2,3)23(5,6)22-15(17(18,19)20)12-9-13-7-10-14(21-4)11-8-13/h7-12,15H,1-6H3/b12-9+/t15-/m0/s1. The van der Waals surface area contributed by atoms with Gasteiger partial charge in [0, 0.05) is 0 Å². The van der Waals surface area contributed by atoms with E-state index >= 15 is 0 Å². The molecule has 6 heteroatoms. The van der Waals surface area contributed by atoms with E-state index < -0.39 is 18.2 Å². The van der Waals surface area contributed by atoms with Crippen LogP contribution in [-0.4, -0.2) is 25.3 Å². The van der Waals surface area contributed by atoms with Crippen LogP contribution in [-0.2, 0) is 4.43 Å². The van der Waals surface area contributed by atoms with Crippen LogP contribution in [0.1, 0.15) is 26.3 Å². The van der Waals surface area contributed by atoms with Gasteiger partial charge in [-0.1, -0.05) is 79.9 Å². The van der Waals surface area contributed by atoms with E-state index in [4.69, 9.17) is 44.0 Å². The van der Waals surface area contributed by atoms with E-state index in [0.717, 1.165) is 11.3 Å². The average molecular weight is 396 g/mol. The van der Waals surface area contributed by atoms with Gasteiger partial charge in [0.2, 0.25) is 3.79 Å². The van der Waals surface area contributed by atoms with Gasteiger partial charge in [0.05, 0.1) is 7.11 Å². The Bertz CT molecular complexity index is 528. The van der Waals surface area contributed by atoms with E-state index in [9.17, 15) is 0 Å². The molecule has 1 aromatic carbocycles. The van der Waals surface area contributed by atoms with Crippen molar-refractivity contribution in [3.05, 3.63) is 35.9 Å². The third kappa shape index (κ3) is 6.31. The van der Waals surface area contributed by atoms with Gasteiger partial charge < -0.3 is 9.16 Å². The Kier molecular flexibility index (Phi) is 7.06. The molecule has 23 heavy (non-hydrogen) atoms. The summed E-state index contributed by atoms with van der Waals surface area (Å²) in [5.41, 5.74) is 0.990. The molecule has 2 nitrogen and oxygen atoms in total. The Morgan fingerprint density at radius 1 is 1.04 bits per heavy atom. The van der Waals surface area contributed by atoms with Crippen molar-refractivity contribution in [2.24, 2.45) is 0 Å². The van der Waals surface area contributed by atoms with Gasteiger partial charge in [-0.15, -0.1) is 0 Å². The highest BCUT2D eigenvalue weighted by atomic mass is 35.6. The van der Waals surface area contributed by atoms with Crippen molar-refractivity contribution in [3.63, 3.8) is 0 Å². The summed E-state index contributed by atoms with van der Waals surface area (Å²) in [5, 5.41) is 0.0368. The second-order valence-corrected chi connectivity index (χ2v) is 14.1. The summed E-state index contributed by atoms with van der Waals surface area (Å²) in [6, 6.07) is 7.66. The van der Waals surface area contributed by atoms with Crippen LogP contribution in [0.5, 0.6) is 5.75 Å². The molecule has 1 aromatic rings. The molecule has 0 amide bonds. The largest absolute Gasteiger partial charge is 0.497 e. The Morgan fingerprint density at radius 2 is 1.57 bits per heavy atom. The first kappa shape index (κ1) is 20.9. The van der Waals surface area contributed by atoms with Crippen LogP contribution < -0.4 is 4.74 Å². The lowest BCUT2D eigenvalue weighted by molar-refractivity contribution is 0.229. The number of hydrogen-bond acceptors (Lipinski definition) is 2. The number of halogens is 3. The monoisotopic (exact) mass is 394 g/mol. The normalized spacial score (nSPS) is 15.0. The van der Waals surface area contributed by atoms with Crippen molar-refractivity contribution in [1.82, 2.24) is 0 Å². The average Bonchev–Trinajstić information content (AvgIpc) is 2.41. The van der Waals surface area contributed by atoms with Crippen LogP contribution in [0.3, 0.4) is 0 Å². The van der Waals surface area contributed by atoms with Crippen LogP contribution in [0.2, 0.25) is 18.1 Å². The first-order valence-electron chi connectivity index (χ1n) is 7.43. The van der Waals surface area contributed by atoms with Crippen molar-refractivity contribution in [3.8, 4) is 5.75 Å². The van der Waals surface area contributed by atoms with Crippen molar-refractivity contribution in [1.29, 1.82) is 0 Å². The smallest absolute Gasteiger partial charge is 0.218 e. The summed E-state index contributed by atoms with van der Waals surface area (Å²) in [6.45, 7) is 10.7. The first-order valence-corrected chi connectivity index (χ1v) is 11.5. The van der Waals surface area contributed by atoms with Gasteiger partial charge in [0.25, 0.3) is 0 Å². The fourth-order valence-corrected chi connectivity index (χ4v) is 3.44. The van der Waals surface area contributed by atoms with E-state index in [0.29, 0.717) is 0 Å². The molecule has 0 aromatic heterocycles. The molecule has 0 aliphatic rings. The number of methoxy groups -OCH3 is 1. The van der Waals surface area contributed by atoms with Crippen LogP contribution >= 0.6 is 34.8 Å². The fraction of sp³-hybridized carbons (Fsp3) is 0.529. The Labute approximate surface area is 155 Å². The van der Waals surface area contributed by atoms with Crippen LogP contribution in [0.15, 0.2) is 30.3 Å². The molecule has 0 spiro atoms. The molecule has 130 valence electrons. The van der Waals surface area contributed by atoms with E-state index in [2.05, 4.69) is 33.9 Å². The summed E-state index contributed by atoms with van der Waals surface area (Å²) in [4.78, 5) is 0. The van der Waals surface area contributed by atoms with Crippen LogP contribution in [0.4, 0.5) is 0 Å². The summed E-state index contributed by atoms with van der Waals surface area (Å²) in [5.74, 6) is 0.803. The van der Waals surface area contributed by atoms with Crippen molar-refractivity contribution in [2.75, 3.05) is 7.11 Å². The van der Waals surface area contributed by atoms with Crippen LogP contribution in [0, 0.1) is 0 Å². The molecule has 0 bridgehead atoms. The highest BCUT2D eigenvalue weighted by molar-refractivity contribution is 6.74. The minimum atomic E-state index is -2.06. The lowest BCUT2D eigenvalue weighted by atomic mass is 10.2. The SMILES string of the molecule is COc1ccc(/C=C/[C@H](O[Si](C)(C)C(C)(C)C)C(Cl)(Cl)Cl)cc1. The maximum absolute atomic E-state index is 6.27. The third-order valence-corrected chi connectivity index (χ3v) is 9.23. The zero-order chi connectivity index (χ0) is 17.9. The number of ether oxygens (including phenoxy) is 1. The minimum Gasteiger partial charge on any atom is -0.497 e. The molecule has 0 radical (unpaired) electrons. The van der Waals surface area contributed by atoms with Crippen molar-refractivity contribution >= 4 is 49.2 Å². The lowest BCUT2D eigenvalue weighted by Gasteiger charge is -2.40. The van der Waals surface area contributed by atoms with Gasteiger partial charge >= 0.3 is 0 Å². The molecule has 0 unspecified atom stereocenters. The van der Waals surface area contributed by atoms with Crippen molar-refractivity contribution in [2.45, 2.75) is 48.8 Å². The predicted octanol–water partition coefficient (Wildman–Crippen LogP) is 6.47. The topological polar surface area (TPSA) is 18.5 Å². The molecule has 0 saturated carbocycles. The number of hydrogen-bond donors (Lipinski definition) is 0. The Morgan fingerprint density at radius 3 is 1.96 bits per heavy atom. The first-order chi connectivity index (χ1) is 10.4. The molecule has 0 aliphatic carbocycles. The molecule has 0 fully saturated rings. The number of benzene rings is 1. The lowest BCUT2D eigenvalue weighted by Crippen LogP contribution is -2.46. The molecule has 0 saturated heterocycles. The third-order valence-electron chi connectivity index (χ3n) is 4.13. The van der Waals surface area contributed by atoms with E-state index in [1.165, 1.54) is 0 Å². The van der Waals surface area contributed by atoms with Gasteiger partial charge in [0.1, 0.15) is 11.9 Å². The van der Waals surface area contributed by atoms with Gasteiger partial charge in [-0.3, -0.25) is 0 Å². The summed E-state index contributed by atoms with van der Waals surface area (Å²) >= 11 is 18.4. The van der Waals surface area contributed by atoms with Gasteiger partial charge in [-0.2, -0.15) is 0 Å². The van der Waals surface area contributed by atoms with E-state index in [1.807, 2.05) is 36.4 Å². The maximum atomic E-state index is 6.27. The van der Waals surface area contributed by atoms with Gasteiger partial charge in [0.15, 0.2) is 8.32 Å². The molecule has 0 heterocycles. The van der Waals surface area contributed by atoms with Crippen LogP contribution in [0.25, 0.3) is 6.08 Å². The zero-order valence-electron chi connectivity index (χ0n) is 14.5. The summed E-state index contributed by atoms with van der Waals surface area (Å²) in [6.07, 6.45) is 3.12. The highest BCUT2D eigenvalue weighted by Gasteiger charge is 2.43. The predicted molar refractivity (Wildman–Crippen MR) is 104 cm³/mol. The van der Waals surface area contributed by atoms with E-state index in [1.54, 1.807) is 7.11 Å². The quantitative estimate of drug-likeness (QED) is 0.420. The summed E-state index contributed by atoms with van der Waals surface area (Å²) < 4.78 is 9.90. The molecular formula is C17H25Cl3O2Si. The Hall–Kier alpha value is -0.193. The molecular weight excluding hydrogens is 371 g/mol. The molecule has 1 atom stereocenters. The van der Waals surface area contributed by atoms with Crippen molar-refractivity contribution < 1.29 is 9.16 Å². The van der Waals surface area contributed by atoms with Gasteiger partial charge in [-0.05, 0) is 35.8 Å². The highest BCUT2D eigenvalue weighted by Crippen LogP contribution is 2.42. The summed E-state index contributed by atoms with van der Waals surface area (Å²) in [7, 11) is -0.420. The fourth-order valence-electron chi connectivity index (χ4n) is 1.62. The van der Waals surface area contributed by atoms with Gasteiger partial charge in [-0.25, -0.2) is 0 Å². The second-order valence-electron chi connectivity index (χ2n) is 6.97. The second kappa shape index (κ2) is 7.79.